The maximum Gasteiger partial charge on any atom is 0.410 e. The van der Waals surface area contributed by atoms with Crippen molar-refractivity contribution in [1.29, 1.82) is 0 Å². The lowest BCUT2D eigenvalue weighted by Crippen LogP contribution is -2.40. The Morgan fingerprint density at radius 3 is 2.20 bits per heavy atom. The number of nitrogens with zero attached hydrogens (tertiary/aromatic N) is 1. The van der Waals surface area contributed by atoms with E-state index in [4.69, 9.17) is 9.84 Å². The number of hydrogen-bond acceptors (Lipinski definition) is 3. The molecule has 4 nitrogen and oxygen atoms in total. The van der Waals surface area contributed by atoms with Crippen LogP contribution in [0.4, 0.5) is 4.79 Å². The highest BCUT2D eigenvalue weighted by Gasteiger charge is 2.23. The second kappa shape index (κ2) is 10.0. The van der Waals surface area contributed by atoms with Gasteiger partial charge in [-0.05, 0) is 46.0 Å². The number of aliphatic hydroxyl groups is 1. The fraction of sp³-hybridized carbons (Fsp3) is 0.938. The molecule has 0 saturated heterocycles. The molecule has 0 aliphatic carbocycles. The Labute approximate surface area is 124 Å². The van der Waals surface area contributed by atoms with Gasteiger partial charge in [0.05, 0.1) is 0 Å². The molecule has 0 atom stereocenters. The van der Waals surface area contributed by atoms with E-state index in [2.05, 4.69) is 13.8 Å². The minimum Gasteiger partial charge on any atom is -0.444 e. The average molecular weight is 287 g/mol. The van der Waals surface area contributed by atoms with Crippen molar-refractivity contribution < 1.29 is 14.6 Å². The highest BCUT2D eigenvalue weighted by Crippen LogP contribution is 2.15. The molecule has 0 bridgehead atoms. The van der Waals surface area contributed by atoms with Crippen LogP contribution in [0.5, 0.6) is 0 Å². The summed E-state index contributed by atoms with van der Waals surface area (Å²) in [5, 5.41) is 8.81. The number of aliphatic hydroxyl groups excluding tert-OH is 1. The zero-order chi connectivity index (χ0) is 15.6. The summed E-state index contributed by atoms with van der Waals surface area (Å²) in [4.78, 5) is 14.1. The third kappa shape index (κ3) is 9.18. The standard InChI is InChI=1S/C16H33NO3/c1-6-14(7-2)13-17(11-9-8-10-12-18)15(19)20-16(3,4)5/h14,18H,6-13H2,1-5H3. The number of amides is 1. The van der Waals surface area contributed by atoms with Crippen molar-refractivity contribution in [3.63, 3.8) is 0 Å². The molecule has 0 aromatic heterocycles. The minimum atomic E-state index is -0.450. The molecule has 120 valence electrons. The van der Waals surface area contributed by atoms with Crippen LogP contribution in [0.15, 0.2) is 0 Å². The molecule has 0 aromatic carbocycles. The summed E-state index contributed by atoms with van der Waals surface area (Å²) in [6.07, 6.45) is 4.60. The zero-order valence-electron chi connectivity index (χ0n) is 13.9. The third-order valence-electron chi connectivity index (χ3n) is 3.37. The van der Waals surface area contributed by atoms with Crippen molar-refractivity contribution in [2.24, 2.45) is 5.92 Å². The molecule has 0 unspecified atom stereocenters. The van der Waals surface area contributed by atoms with Gasteiger partial charge in [0.1, 0.15) is 5.60 Å². The van der Waals surface area contributed by atoms with E-state index in [0.29, 0.717) is 12.5 Å². The third-order valence-corrected chi connectivity index (χ3v) is 3.37. The van der Waals surface area contributed by atoms with Gasteiger partial charge in [-0.15, -0.1) is 0 Å². The monoisotopic (exact) mass is 287 g/mol. The first-order chi connectivity index (χ1) is 9.34. The predicted octanol–water partition coefficient (Wildman–Crippen LogP) is 3.82. The van der Waals surface area contributed by atoms with Gasteiger partial charge in [-0.2, -0.15) is 0 Å². The van der Waals surface area contributed by atoms with Gasteiger partial charge in [0.25, 0.3) is 0 Å². The molecule has 0 aromatic rings. The number of unbranched alkanes of at least 4 members (excludes halogenated alkanes) is 2. The van der Waals surface area contributed by atoms with Gasteiger partial charge in [-0.3, -0.25) is 0 Å². The van der Waals surface area contributed by atoms with E-state index in [1.54, 1.807) is 0 Å². The van der Waals surface area contributed by atoms with Gasteiger partial charge in [0.15, 0.2) is 0 Å². The van der Waals surface area contributed by atoms with Crippen LogP contribution in [0, 0.1) is 5.92 Å². The normalized spacial score (nSPS) is 11.8. The van der Waals surface area contributed by atoms with Crippen LogP contribution in [0.2, 0.25) is 0 Å². The summed E-state index contributed by atoms with van der Waals surface area (Å²) in [6, 6.07) is 0. The number of hydrogen-bond donors (Lipinski definition) is 1. The molecular formula is C16H33NO3. The lowest BCUT2D eigenvalue weighted by Gasteiger charge is -2.29. The van der Waals surface area contributed by atoms with Gasteiger partial charge in [-0.25, -0.2) is 4.79 Å². The van der Waals surface area contributed by atoms with E-state index in [1.165, 1.54) is 0 Å². The van der Waals surface area contributed by atoms with E-state index < -0.39 is 5.60 Å². The molecule has 0 aliphatic heterocycles. The van der Waals surface area contributed by atoms with E-state index in [1.807, 2.05) is 25.7 Å². The SMILES string of the molecule is CCC(CC)CN(CCCCCO)C(=O)OC(C)(C)C. The van der Waals surface area contributed by atoms with Crippen molar-refractivity contribution in [3.8, 4) is 0 Å². The van der Waals surface area contributed by atoms with Crippen LogP contribution in [-0.4, -0.2) is 41.4 Å². The molecule has 0 saturated carbocycles. The lowest BCUT2D eigenvalue weighted by molar-refractivity contribution is 0.0213. The smallest absolute Gasteiger partial charge is 0.410 e. The number of carbonyl (C=O) groups is 1. The molecule has 4 heteroatoms. The molecule has 0 heterocycles. The maximum absolute atomic E-state index is 12.2. The van der Waals surface area contributed by atoms with Gasteiger partial charge in [-0.1, -0.05) is 26.7 Å². The minimum absolute atomic E-state index is 0.214. The van der Waals surface area contributed by atoms with Crippen LogP contribution in [0.3, 0.4) is 0 Å². The molecular weight excluding hydrogens is 254 g/mol. The Kier molecular flexibility index (Phi) is 9.64. The second-order valence-corrected chi connectivity index (χ2v) is 6.39. The molecule has 0 spiro atoms. The molecule has 1 N–H and O–H groups in total. The largest absolute Gasteiger partial charge is 0.444 e. The summed E-state index contributed by atoms with van der Waals surface area (Å²) in [7, 11) is 0. The molecule has 0 radical (unpaired) electrons. The topological polar surface area (TPSA) is 49.8 Å². The van der Waals surface area contributed by atoms with Gasteiger partial charge in [0.2, 0.25) is 0 Å². The Bertz CT molecular complexity index is 257. The van der Waals surface area contributed by atoms with E-state index >= 15 is 0 Å². The van der Waals surface area contributed by atoms with E-state index in [-0.39, 0.29) is 12.7 Å². The molecule has 0 fully saturated rings. The molecule has 1 amide bonds. The van der Waals surface area contributed by atoms with Gasteiger partial charge in [0, 0.05) is 19.7 Å². The van der Waals surface area contributed by atoms with Crippen LogP contribution in [0.25, 0.3) is 0 Å². The van der Waals surface area contributed by atoms with E-state index in [0.717, 1.165) is 38.6 Å². The Hall–Kier alpha value is -0.770. The summed E-state index contributed by atoms with van der Waals surface area (Å²) < 4.78 is 5.48. The average Bonchev–Trinajstić information content (AvgIpc) is 2.36. The predicted molar refractivity (Wildman–Crippen MR) is 82.8 cm³/mol. The number of rotatable bonds is 9. The summed E-state index contributed by atoms with van der Waals surface area (Å²) in [6.45, 7) is 11.7. The zero-order valence-corrected chi connectivity index (χ0v) is 13.9. The first kappa shape index (κ1) is 19.2. The van der Waals surface area contributed by atoms with Crippen LogP contribution < -0.4 is 0 Å². The summed E-state index contributed by atoms with van der Waals surface area (Å²) >= 11 is 0. The Morgan fingerprint density at radius 1 is 1.15 bits per heavy atom. The van der Waals surface area contributed by atoms with Crippen molar-refractivity contribution in [1.82, 2.24) is 4.90 Å². The second-order valence-electron chi connectivity index (χ2n) is 6.39. The van der Waals surface area contributed by atoms with E-state index in [9.17, 15) is 4.79 Å². The molecule has 0 rings (SSSR count). The van der Waals surface area contributed by atoms with Crippen molar-refractivity contribution in [2.45, 2.75) is 72.3 Å². The first-order valence-electron chi connectivity index (χ1n) is 7.92. The Morgan fingerprint density at radius 2 is 1.75 bits per heavy atom. The van der Waals surface area contributed by atoms with Crippen LogP contribution >= 0.6 is 0 Å². The Balaban J connectivity index is 4.47. The summed E-state index contributed by atoms with van der Waals surface area (Å²) in [5.74, 6) is 0.528. The quantitative estimate of drug-likeness (QED) is 0.656. The number of ether oxygens (including phenoxy) is 1. The van der Waals surface area contributed by atoms with Gasteiger partial charge < -0.3 is 14.7 Å². The summed E-state index contributed by atoms with van der Waals surface area (Å²) in [5.41, 5.74) is -0.450. The van der Waals surface area contributed by atoms with Crippen molar-refractivity contribution >= 4 is 6.09 Å². The first-order valence-corrected chi connectivity index (χ1v) is 7.92. The van der Waals surface area contributed by atoms with Crippen LogP contribution in [-0.2, 0) is 4.74 Å². The molecule has 20 heavy (non-hydrogen) atoms. The van der Waals surface area contributed by atoms with Crippen molar-refractivity contribution in [2.75, 3.05) is 19.7 Å². The number of carbonyl (C=O) groups excluding carboxylic acids is 1. The maximum atomic E-state index is 12.2. The molecule has 0 aliphatic rings. The highest BCUT2D eigenvalue weighted by molar-refractivity contribution is 5.68. The van der Waals surface area contributed by atoms with Gasteiger partial charge >= 0.3 is 6.09 Å². The fourth-order valence-electron chi connectivity index (χ4n) is 2.03. The van der Waals surface area contributed by atoms with Crippen LogP contribution in [0.1, 0.15) is 66.7 Å². The lowest BCUT2D eigenvalue weighted by atomic mass is 10.0. The van der Waals surface area contributed by atoms with Crippen molar-refractivity contribution in [3.05, 3.63) is 0 Å². The highest BCUT2D eigenvalue weighted by atomic mass is 16.6. The fourth-order valence-corrected chi connectivity index (χ4v) is 2.03.